The smallest absolute Gasteiger partial charge is 0.315 e. The van der Waals surface area contributed by atoms with E-state index in [0.29, 0.717) is 33.5 Å². The Morgan fingerprint density at radius 1 is 1.14 bits per heavy atom. The van der Waals surface area contributed by atoms with Gasteiger partial charge in [-0.3, -0.25) is 9.59 Å². The van der Waals surface area contributed by atoms with E-state index in [9.17, 15) is 9.59 Å². The highest BCUT2D eigenvalue weighted by Gasteiger charge is 2.23. The zero-order valence-corrected chi connectivity index (χ0v) is 20.3. The fraction of sp³-hybridized carbons (Fsp3) is 0.208. The molecule has 0 aliphatic heterocycles. The van der Waals surface area contributed by atoms with Gasteiger partial charge in [0, 0.05) is 34.8 Å². The van der Waals surface area contributed by atoms with E-state index in [2.05, 4.69) is 40.6 Å². The predicted octanol–water partition coefficient (Wildman–Crippen LogP) is 3.64. The van der Waals surface area contributed by atoms with E-state index in [0.717, 1.165) is 16.7 Å². The van der Waals surface area contributed by atoms with Crippen molar-refractivity contribution in [3.05, 3.63) is 75.3 Å². The topological polar surface area (TPSA) is 155 Å². The fourth-order valence-corrected chi connectivity index (χ4v) is 3.73. The molecule has 0 unspecified atom stereocenters. The van der Waals surface area contributed by atoms with E-state index >= 15 is 0 Å². The third kappa shape index (κ3) is 4.60. The molecule has 0 bridgehead atoms. The van der Waals surface area contributed by atoms with Gasteiger partial charge in [-0.25, -0.2) is 15.1 Å². The van der Waals surface area contributed by atoms with Crippen molar-refractivity contribution in [3.63, 3.8) is 0 Å². The molecule has 0 fully saturated rings. The Balaban J connectivity index is 1.36. The van der Waals surface area contributed by atoms with E-state index in [4.69, 9.17) is 16.1 Å². The monoisotopic (exact) mass is 504 g/mol. The summed E-state index contributed by atoms with van der Waals surface area (Å²) in [7, 11) is 0. The molecule has 11 nitrogen and oxygen atoms in total. The van der Waals surface area contributed by atoms with Gasteiger partial charge in [0.05, 0.1) is 5.52 Å². The molecule has 4 heterocycles. The Morgan fingerprint density at radius 2 is 1.97 bits per heavy atom. The van der Waals surface area contributed by atoms with Crippen LogP contribution in [0, 0.1) is 0 Å². The largest absolute Gasteiger partial charge is 0.344 e. The Bertz CT molecular complexity index is 1630. The van der Waals surface area contributed by atoms with Gasteiger partial charge in [-0.1, -0.05) is 49.7 Å². The minimum absolute atomic E-state index is 0.0983. The van der Waals surface area contributed by atoms with Gasteiger partial charge in [0.1, 0.15) is 5.69 Å². The van der Waals surface area contributed by atoms with E-state index in [-0.39, 0.29) is 23.4 Å². The van der Waals surface area contributed by atoms with Crippen LogP contribution >= 0.6 is 11.6 Å². The van der Waals surface area contributed by atoms with Crippen LogP contribution in [0.2, 0.25) is 5.02 Å². The van der Waals surface area contributed by atoms with Gasteiger partial charge < -0.3 is 14.8 Å². The SMILES string of the molecule is CC(C)(C)c1noc(C(=O)NCc2ccc(-c3ccnc4nc(-c5ccc(=O)[nH]n5)[nH]c34)cc2Cl)n1. The number of hydrogen-bond donors (Lipinski definition) is 3. The lowest BCUT2D eigenvalue weighted by Crippen LogP contribution is -2.23. The molecule has 0 radical (unpaired) electrons. The average Bonchev–Trinajstić information content (AvgIpc) is 3.51. The number of carbonyl (C=O) groups is 1. The first kappa shape index (κ1) is 23.4. The number of rotatable bonds is 5. The first-order valence-corrected chi connectivity index (χ1v) is 11.4. The summed E-state index contributed by atoms with van der Waals surface area (Å²) in [5.41, 5.74) is 3.44. The van der Waals surface area contributed by atoms with Crippen LogP contribution in [-0.2, 0) is 12.0 Å². The van der Waals surface area contributed by atoms with Crippen LogP contribution in [-0.4, -0.2) is 41.2 Å². The second kappa shape index (κ2) is 9.00. The van der Waals surface area contributed by atoms with E-state index in [1.54, 1.807) is 18.3 Å². The van der Waals surface area contributed by atoms with Crippen LogP contribution in [0.15, 0.2) is 51.9 Å². The molecule has 5 aromatic rings. The minimum Gasteiger partial charge on any atom is -0.344 e. The van der Waals surface area contributed by atoms with E-state index in [1.165, 1.54) is 6.07 Å². The third-order valence-electron chi connectivity index (χ3n) is 5.41. The molecule has 3 N–H and O–H groups in total. The number of halogens is 1. The fourth-order valence-electron chi connectivity index (χ4n) is 3.48. The Hall–Kier alpha value is -4.38. The molecule has 0 atom stereocenters. The lowest BCUT2D eigenvalue weighted by molar-refractivity contribution is 0.0907. The van der Waals surface area contributed by atoms with Crippen molar-refractivity contribution in [1.29, 1.82) is 0 Å². The van der Waals surface area contributed by atoms with Gasteiger partial charge in [-0.2, -0.15) is 10.1 Å². The van der Waals surface area contributed by atoms with Crippen LogP contribution in [0.3, 0.4) is 0 Å². The molecule has 36 heavy (non-hydrogen) atoms. The molecule has 0 aliphatic carbocycles. The van der Waals surface area contributed by atoms with Crippen molar-refractivity contribution in [2.24, 2.45) is 0 Å². The number of fused-ring (bicyclic) bond motifs is 1. The normalized spacial score (nSPS) is 11.7. The number of benzene rings is 1. The summed E-state index contributed by atoms with van der Waals surface area (Å²) in [5, 5.41) is 13.5. The maximum Gasteiger partial charge on any atom is 0.315 e. The van der Waals surface area contributed by atoms with Crippen LogP contribution in [0.4, 0.5) is 0 Å². The molecule has 1 amide bonds. The number of nitrogens with one attached hydrogen (secondary N) is 3. The molecule has 0 aliphatic rings. The molecule has 182 valence electrons. The summed E-state index contributed by atoms with van der Waals surface area (Å²) in [5.74, 6) is 0.355. The zero-order chi connectivity index (χ0) is 25.4. The molecule has 0 spiro atoms. The maximum absolute atomic E-state index is 12.4. The Labute approximate surface area is 209 Å². The van der Waals surface area contributed by atoms with E-state index < -0.39 is 5.91 Å². The summed E-state index contributed by atoms with van der Waals surface area (Å²) >= 11 is 6.55. The van der Waals surface area contributed by atoms with Crippen molar-refractivity contribution < 1.29 is 9.32 Å². The summed E-state index contributed by atoms with van der Waals surface area (Å²) < 4.78 is 5.09. The van der Waals surface area contributed by atoms with Crippen molar-refractivity contribution in [2.45, 2.75) is 32.7 Å². The van der Waals surface area contributed by atoms with Gasteiger partial charge in [0.15, 0.2) is 17.3 Å². The number of amides is 1. The molecule has 4 aromatic heterocycles. The number of pyridine rings is 1. The summed E-state index contributed by atoms with van der Waals surface area (Å²) in [6, 6.07) is 10.3. The van der Waals surface area contributed by atoms with Crippen LogP contribution in [0.1, 0.15) is 42.8 Å². The first-order valence-electron chi connectivity index (χ1n) is 11.0. The summed E-state index contributed by atoms with van der Waals surface area (Å²) in [6.45, 7) is 5.98. The first-order chi connectivity index (χ1) is 17.2. The highest BCUT2D eigenvalue weighted by molar-refractivity contribution is 6.31. The quantitative estimate of drug-likeness (QED) is 0.327. The number of H-pyrrole nitrogens is 2. The summed E-state index contributed by atoms with van der Waals surface area (Å²) in [6.07, 6.45) is 1.65. The second-order valence-corrected chi connectivity index (χ2v) is 9.52. The van der Waals surface area contributed by atoms with Gasteiger partial charge in [0.2, 0.25) is 0 Å². The van der Waals surface area contributed by atoms with Crippen LogP contribution < -0.4 is 10.9 Å². The van der Waals surface area contributed by atoms with Crippen molar-refractivity contribution in [3.8, 4) is 22.6 Å². The number of imidazole rings is 1. The molecular formula is C24H21ClN8O3. The van der Waals surface area contributed by atoms with Gasteiger partial charge in [-0.05, 0) is 29.3 Å². The maximum atomic E-state index is 12.4. The minimum atomic E-state index is -0.477. The van der Waals surface area contributed by atoms with Gasteiger partial charge in [-0.15, -0.1) is 0 Å². The van der Waals surface area contributed by atoms with Crippen LogP contribution in [0.25, 0.3) is 33.8 Å². The van der Waals surface area contributed by atoms with Crippen molar-refractivity contribution in [2.75, 3.05) is 0 Å². The number of hydrogen-bond acceptors (Lipinski definition) is 8. The number of nitrogens with zero attached hydrogens (tertiary/aromatic N) is 5. The number of aromatic nitrogens is 7. The van der Waals surface area contributed by atoms with E-state index in [1.807, 2.05) is 39.0 Å². The van der Waals surface area contributed by atoms with Gasteiger partial charge in [0.25, 0.3) is 5.56 Å². The highest BCUT2D eigenvalue weighted by atomic mass is 35.5. The standard InChI is InChI=1S/C24H21ClN8O3/c1-24(2,3)23-30-22(36-33-23)21(35)27-11-13-5-4-12(10-15(13)25)14-8-9-26-20-18(14)28-19(29-20)16-6-7-17(34)32-31-16/h4-10H,11H2,1-3H3,(H,27,35)(H,32,34)(H,26,28,29). The number of carbonyl (C=O) groups excluding carboxylic acids is 1. The summed E-state index contributed by atoms with van der Waals surface area (Å²) in [4.78, 5) is 40.0. The predicted molar refractivity (Wildman–Crippen MR) is 132 cm³/mol. The zero-order valence-electron chi connectivity index (χ0n) is 19.6. The second-order valence-electron chi connectivity index (χ2n) is 9.11. The molecule has 12 heteroatoms. The van der Waals surface area contributed by atoms with Crippen LogP contribution in [0.5, 0.6) is 0 Å². The average molecular weight is 505 g/mol. The molecule has 1 aromatic carbocycles. The third-order valence-corrected chi connectivity index (χ3v) is 5.76. The molecule has 5 rings (SSSR count). The van der Waals surface area contributed by atoms with Crippen molar-refractivity contribution in [1.82, 2.24) is 40.6 Å². The van der Waals surface area contributed by atoms with Gasteiger partial charge >= 0.3 is 11.8 Å². The Kier molecular flexibility index (Phi) is 5.84. The molecule has 0 saturated heterocycles. The van der Waals surface area contributed by atoms with Crippen molar-refractivity contribution >= 4 is 28.7 Å². The number of aromatic amines is 2. The lowest BCUT2D eigenvalue weighted by atomic mass is 9.96. The molecular weight excluding hydrogens is 484 g/mol. The highest BCUT2D eigenvalue weighted by Crippen LogP contribution is 2.31. The lowest BCUT2D eigenvalue weighted by Gasteiger charge is -2.11. The Morgan fingerprint density at radius 3 is 2.67 bits per heavy atom. The molecule has 0 saturated carbocycles.